The Labute approximate surface area is 229 Å². The van der Waals surface area contributed by atoms with Crippen LogP contribution in [0.15, 0.2) is 12.2 Å². The topological polar surface area (TPSA) is 81.4 Å². The minimum atomic E-state index is 0.542. The van der Waals surface area contributed by atoms with Crippen LogP contribution in [0.4, 0.5) is 0 Å². The molecule has 0 aliphatic rings. The normalized spacial score (nSPS) is 11.7. The molecule has 2 N–H and O–H groups in total. The molecular weight excluding hydrogens is 470 g/mol. The molecule has 0 radical (unpaired) electrons. The Morgan fingerprint density at radius 1 is 0.378 bits per heavy atom. The van der Waals surface area contributed by atoms with Gasteiger partial charge in [0.25, 0.3) is 0 Å². The third kappa shape index (κ3) is 35.5. The Morgan fingerprint density at radius 2 is 0.703 bits per heavy atom. The molecule has 0 aliphatic heterocycles. The van der Waals surface area contributed by atoms with E-state index in [1.807, 2.05) is 0 Å². The quantitative estimate of drug-likeness (QED) is 0.0811. The van der Waals surface area contributed by atoms with Crippen molar-refractivity contribution in [3.8, 4) is 0 Å². The van der Waals surface area contributed by atoms with Crippen molar-refractivity contribution in [2.24, 2.45) is 5.73 Å². The minimum absolute atomic E-state index is 0.542. The van der Waals surface area contributed by atoms with Crippen molar-refractivity contribution < 1.29 is 28.4 Å². The van der Waals surface area contributed by atoms with Crippen LogP contribution in [0.25, 0.3) is 0 Å². The maximum Gasteiger partial charge on any atom is 0.0701 e. The first-order valence-corrected chi connectivity index (χ1v) is 15.2. The van der Waals surface area contributed by atoms with Gasteiger partial charge in [0.05, 0.1) is 72.7 Å². The van der Waals surface area contributed by atoms with E-state index in [0.717, 1.165) is 13.0 Å². The van der Waals surface area contributed by atoms with E-state index in [2.05, 4.69) is 19.1 Å². The highest BCUT2D eigenvalue weighted by molar-refractivity contribution is 4.81. The van der Waals surface area contributed by atoms with Crippen LogP contribution in [0, 0.1) is 0 Å². The van der Waals surface area contributed by atoms with Gasteiger partial charge in [0.15, 0.2) is 0 Å². The predicted molar refractivity (Wildman–Crippen MR) is 153 cm³/mol. The molecule has 0 aromatic heterocycles. The van der Waals surface area contributed by atoms with Crippen LogP contribution in [0.5, 0.6) is 0 Å². The molecule has 0 aliphatic carbocycles. The molecule has 0 aromatic rings. The largest absolute Gasteiger partial charge is 0.379 e. The second-order valence-electron chi connectivity index (χ2n) is 9.40. The van der Waals surface area contributed by atoms with Crippen molar-refractivity contribution in [3.05, 3.63) is 12.2 Å². The summed E-state index contributed by atoms with van der Waals surface area (Å²) < 4.78 is 32.7. The van der Waals surface area contributed by atoms with Crippen LogP contribution in [-0.2, 0) is 28.4 Å². The number of ether oxygens (including phenoxy) is 6. The van der Waals surface area contributed by atoms with Crippen molar-refractivity contribution >= 4 is 0 Å². The van der Waals surface area contributed by atoms with Gasteiger partial charge in [0.2, 0.25) is 0 Å². The maximum absolute atomic E-state index is 5.64. The molecule has 0 aromatic carbocycles. The minimum Gasteiger partial charge on any atom is -0.379 e. The first kappa shape index (κ1) is 36.5. The van der Waals surface area contributed by atoms with E-state index < -0.39 is 0 Å². The third-order valence-electron chi connectivity index (χ3n) is 5.92. The molecular formula is C30H61NO6. The monoisotopic (exact) mass is 531 g/mol. The molecule has 222 valence electrons. The van der Waals surface area contributed by atoms with Crippen molar-refractivity contribution in [2.45, 2.75) is 96.8 Å². The number of unbranched alkanes of at least 4 members (excludes halogenated alkanes) is 12. The van der Waals surface area contributed by atoms with Gasteiger partial charge in [-0.1, -0.05) is 76.9 Å². The first-order chi connectivity index (χ1) is 18.4. The second-order valence-corrected chi connectivity index (χ2v) is 9.40. The van der Waals surface area contributed by atoms with E-state index in [9.17, 15) is 0 Å². The lowest BCUT2D eigenvalue weighted by atomic mass is 10.1. The lowest BCUT2D eigenvalue weighted by molar-refractivity contribution is -0.0165. The summed E-state index contributed by atoms with van der Waals surface area (Å²) in [4.78, 5) is 0. The third-order valence-corrected chi connectivity index (χ3v) is 5.92. The van der Waals surface area contributed by atoms with Gasteiger partial charge in [0.1, 0.15) is 0 Å². The van der Waals surface area contributed by atoms with Crippen molar-refractivity contribution in [2.75, 3.05) is 85.8 Å². The van der Waals surface area contributed by atoms with Crippen LogP contribution in [0.2, 0.25) is 0 Å². The number of nitrogens with two attached hydrogens (primary N) is 1. The van der Waals surface area contributed by atoms with Gasteiger partial charge < -0.3 is 34.2 Å². The molecule has 7 nitrogen and oxygen atoms in total. The van der Waals surface area contributed by atoms with Gasteiger partial charge in [-0.3, -0.25) is 0 Å². The number of hydrogen-bond acceptors (Lipinski definition) is 7. The van der Waals surface area contributed by atoms with Gasteiger partial charge in [-0.15, -0.1) is 0 Å². The van der Waals surface area contributed by atoms with E-state index in [4.69, 9.17) is 34.2 Å². The summed E-state index contributed by atoms with van der Waals surface area (Å²) in [5.41, 5.74) is 5.33. The van der Waals surface area contributed by atoms with Gasteiger partial charge in [-0.2, -0.15) is 0 Å². The Balaban J connectivity index is 3.06. The molecule has 0 rings (SSSR count). The summed E-state index contributed by atoms with van der Waals surface area (Å²) in [6, 6.07) is 0. The summed E-state index contributed by atoms with van der Waals surface area (Å²) in [5, 5.41) is 0. The van der Waals surface area contributed by atoms with Gasteiger partial charge >= 0.3 is 0 Å². The van der Waals surface area contributed by atoms with Gasteiger partial charge in [0, 0.05) is 13.2 Å². The van der Waals surface area contributed by atoms with Gasteiger partial charge in [-0.25, -0.2) is 0 Å². The number of rotatable bonds is 33. The predicted octanol–water partition coefficient (Wildman–Crippen LogP) is 6.08. The lowest BCUT2D eigenvalue weighted by Gasteiger charge is -2.08. The smallest absolute Gasteiger partial charge is 0.0701 e. The average molecular weight is 532 g/mol. The van der Waals surface area contributed by atoms with Crippen LogP contribution in [0.1, 0.15) is 96.8 Å². The Kier molecular flexibility index (Phi) is 34.9. The molecule has 0 atom stereocenters. The molecule has 0 saturated heterocycles. The van der Waals surface area contributed by atoms with Crippen LogP contribution in [-0.4, -0.2) is 85.8 Å². The Bertz CT molecular complexity index is 425. The molecule has 0 amide bonds. The Morgan fingerprint density at radius 3 is 1.11 bits per heavy atom. The van der Waals surface area contributed by atoms with E-state index >= 15 is 0 Å². The van der Waals surface area contributed by atoms with Crippen molar-refractivity contribution in [3.63, 3.8) is 0 Å². The molecule has 7 heteroatoms. The zero-order chi connectivity index (χ0) is 26.7. The Hall–Kier alpha value is -0.540. The molecule has 0 heterocycles. The summed E-state index contributed by atoms with van der Waals surface area (Å²) in [6.07, 6.45) is 23.5. The van der Waals surface area contributed by atoms with Crippen LogP contribution in [0.3, 0.4) is 0 Å². The number of allylic oxidation sites excluding steroid dienone is 2. The molecule has 0 spiro atoms. The van der Waals surface area contributed by atoms with Crippen molar-refractivity contribution in [1.29, 1.82) is 0 Å². The van der Waals surface area contributed by atoms with Crippen molar-refractivity contribution in [1.82, 2.24) is 0 Å². The second kappa shape index (κ2) is 35.5. The average Bonchev–Trinajstić information content (AvgIpc) is 2.91. The van der Waals surface area contributed by atoms with Crippen LogP contribution >= 0.6 is 0 Å². The zero-order valence-electron chi connectivity index (χ0n) is 24.3. The number of hydrogen-bond donors (Lipinski definition) is 1. The first-order valence-electron chi connectivity index (χ1n) is 15.2. The summed E-state index contributed by atoms with van der Waals surface area (Å²) in [5.74, 6) is 0. The van der Waals surface area contributed by atoms with E-state index in [1.165, 1.54) is 83.5 Å². The SMILES string of the molecule is CCCCCCCCCCC/C=C/CCCCCOCCOCCOCCOCCOCCOCCN. The molecule has 0 unspecified atom stereocenters. The summed E-state index contributed by atoms with van der Waals surface area (Å²) in [6.45, 7) is 10.0. The molecule has 0 fully saturated rings. The highest BCUT2D eigenvalue weighted by Crippen LogP contribution is 2.11. The van der Waals surface area contributed by atoms with E-state index in [0.29, 0.717) is 79.2 Å². The van der Waals surface area contributed by atoms with E-state index in [-0.39, 0.29) is 0 Å². The van der Waals surface area contributed by atoms with E-state index in [1.54, 1.807) is 0 Å². The fourth-order valence-electron chi connectivity index (χ4n) is 3.74. The lowest BCUT2D eigenvalue weighted by Crippen LogP contribution is -2.15. The highest BCUT2D eigenvalue weighted by Gasteiger charge is 1.95. The van der Waals surface area contributed by atoms with Crippen LogP contribution < -0.4 is 5.73 Å². The maximum atomic E-state index is 5.64. The zero-order valence-corrected chi connectivity index (χ0v) is 24.3. The fourth-order valence-corrected chi connectivity index (χ4v) is 3.74. The highest BCUT2D eigenvalue weighted by atomic mass is 16.6. The molecule has 37 heavy (non-hydrogen) atoms. The fraction of sp³-hybridized carbons (Fsp3) is 0.933. The van der Waals surface area contributed by atoms with Gasteiger partial charge in [-0.05, 0) is 32.1 Å². The molecule has 0 bridgehead atoms. The molecule has 0 saturated carbocycles. The standard InChI is InChI=1S/C30H61NO6/c1-2-3-4-5-6-7-8-9-10-11-12-13-14-15-16-17-19-32-21-23-34-25-27-36-29-30-37-28-26-35-24-22-33-20-18-31/h12-13H,2-11,14-31H2,1H3/b13-12+. The summed E-state index contributed by atoms with van der Waals surface area (Å²) in [7, 11) is 0. The summed E-state index contributed by atoms with van der Waals surface area (Å²) >= 11 is 0.